The predicted molar refractivity (Wildman–Crippen MR) is 125 cm³/mol. The zero-order valence-electron chi connectivity index (χ0n) is 17.8. The lowest BCUT2D eigenvalue weighted by Gasteiger charge is -2.18. The van der Waals surface area contributed by atoms with Gasteiger partial charge in [-0.2, -0.15) is 0 Å². The number of aryl methyl sites for hydroxylation is 1. The Balaban J connectivity index is 1.77. The van der Waals surface area contributed by atoms with Crippen LogP contribution < -0.4 is 10.6 Å². The molecule has 9 heteroatoms. The molecule has 4 aromatic rings. The number of carbonyl (C=O) groups is 1. The smallest absolute Gasteiger partial charge is 0.269 e. The molecule has 168 valence electrons. The van der Waals surface area contributed by atoms with Gasteiger partial charge in [0.15, 0.2) is 5.65 Å². The molecular formula is C24H21FN4O3S. The van der Waals surface area contributed by atoms with E-state index in [1.54, 1.807) is 42.5 Å². The number of carbonyl (C=O) groups excluding carboxylic acids is 1. The molecule has 0 atom stereocenters. The van der Waals surface area contributed by atoms with Gasteiger partial charge in [0.25, 0.3) is 10.0 Å². The topological polar surface area (TPSA) is 98.3 Å². The summed E-state index contributed by atoms with van der Waals surface area (Å²) >= 11 is 0. The largest absolute Gasteiger partial charge is 0.396 e. The van der Waals surface area contributed by atoms with Crippen LogP contribution in [-0.2, 0) is 14.8 Å². The third kappa shape index (κ3) is 3.64. The minimum Gasteiger partial charge on any atom is -0.396 e. The van der Waals surface area contributed by atoms with Crippen molar-refractivity contribution >= 4 is 39.0 Å². The first-order valence-corrected chi connectivity index (χ1v) is 11.9. The molecule has 0 unspecified atom stereocenters. The van der Waals surface area contributed by atoms with E-state index in [2.05, 4.69) is 4.98 Å². The number of anilines is 2. The van der Waals surface area contributed by atoms with Crippen LogP contribution in [0, 0.1) is 12.7 Å². The number of nitrogens with zero attached hydrogens (tertiary/aromatic N) is 3. The minimum atomic E-state index is -3.95. The predicted octanol–water partition coefficient (Wildman–Crippen LogP) is 4.10. The zero-order valence-corrected chi connectivity index (χ0v) is 18.6. The van der Waals surface area contributed by atoms with Crippen LogP contribution in [0.25, 0.3) is 22.2 Å². The molecular weight excluding hydrogens is 443 g/mol. The first-order valence-electron chi connectivity index (χ1n) is 10.4. The summed E-state index contributed by atoms with van der Waals surface area (Å²) in [6, 6.07) is 14.3. The molecule has 5 rings (SSSR count). The summed E-state index contributed by atoms with van der Waals surface area (Å²) in [7, 11) is -3.95. The van der Waals surface area contributed by atoms with E-state index in [1.165, 1.54) is 23.2 Å². The van der Waals surface area contributed by atoms with Crippen LogP contribution in [0.5, 0.6) is 0 Å². The molecule has 2 aromatic heterocycles. The lowest BCUT2D eigenvalue weighted by atomic mass is 10.0. The number of benzene rings is 2. The maximum atomic E-state index is 14.3. The summed E-state index contributed by atoms with van der Waals surface area (Å²) in [6.45, 7) is 1.87. The molecule has 0 radical (unpaired) electrons. The monoisotopic (exact) mass is 464 g/mol. The van der Waals surface area contributed by atoms with Gasteiger partial charge in [-0.05, 0) is 67.3 Å². The molecule has 0 bridgehead atoms. The lowest BCUT2D eigenvalue weighted by molar-refractivity contribution is -0.107. The number of rotatable bonds is 6. The van der Waals surface area contributed by atoms with Gasteiger partial charge in [-0.3, -0.25) is 9.69 Å². The Morgan fingerprint density at radius 1 is 1.12 bits per heavy atom. The van der Waals surface area contributed by atoms with Crippen molar-refractivity contribution in [2.24, 2.45) is 0 Å². The molecule has 0 saturated heterocycles. The first-order chi connectivity index (χ1) is 15.8. The van der Waals surface area contributed by atoms with E-state index in [0.29, 0.717) is 28.7 Å². The van der Waals surface area contributed by atoms with Crippen molar-refractivity contribution in [3.8, 4) is 11.1 Å². The fourth-order valence-corrected chi connectivity index (χ4v) is 5.13. The van der Waals surface area contributed by atoms with Crippen molar-refractivity contribution in [2.75, 3.05) is 10.6 Å². The molecule has 1 fully saturated rings. The summed E-state index contributed by atoms with van der Waals surface area (Å²) in [6.07, 6.45) is 3.80. The molecule has 1 amide bonds. The quantitative estimate of drug-likeness (QED) is 0.342. The van der Waals surface area contributed by atoms with Crippen LogP contribution in [0.4, 0.5) is 15.9 Å². The number of nitrogens with two attached hydrogens (primary N) is 1. The second-order valence-corrected chi connectivity index (χ2v) is 9.99. The summed E-state index contributed by atoms with van der Waals surface area (Å²) in [4.78, 5) is 18.0. The Morgan fingerprint density at radius 3 is 2.48 bits per heavy atom. The molecule has 1 saturated carbocycles. The zero-order chi connectivity index (χ0) is 23.3. The second kappa shape index (κ2) is 7.70. The fourth-order valence-electron chi connectivity index (χ4n) is 3.84. The third-order valence-electron chi connectivity index (χ3n) is 5.82. The van der Waals surface area contributed by atoms with Crippen molar-refractivity contribution < 1.29 is 17.6 Å². The van der Waals surface area contributed by atoms with Crippen LogP contribution in [0.15, 0.2) is 65.7 Å². The summed E-state index contributed by atoms with van der Waals surface area (Å²) < 4.78 is 42.2. The Bertz CT molecular complexity index is 1490. The highest BCUT2D eigenvalue weighted by molar-refractivity contribution is 7.90. The highest BCUT2D eigenvalue weighted by Crippen LogP contribution is 2.37. The van der Waals surface area contributed by atoms with Gasteiger partial charge in [0, 0.05) is 17.6 Å². The van der Waals surface area contributed by atoms with E-state index in [-0.39, 0.29) is 22.3 Å². The number of halogens is 1. The highest BCUT2D eigenvalue weighted by Gasteiger charge is 2.31. The molecule has 7 nitrogen and oxygen atoms in total. The molecule has 1 aliphatic carbocycles. The number of hydrogen-bond acceptors (Lipinski definition) is 5. The van der Waals surface area contributed by atoms with E-state index in [0.717, 1.165) is 22.4 Å². The highest BCUT2D eigenvalue weighted by atomic mass is 32.2. The van der Waals surface area contributed by atoms with Crippen LogP contribution in [-0.4, -0.2) is 29.8 Å². The number of amides is 1. The van der Waals surface area contributed by atoms with Gasteiger partial charge in [-0.25, -0.2) is 21.8 Å². The van der Waals surface area contributed by atoms with E-state index >= 15 is 0 Å². The average Bonchev–Trinajstić information content (AvgIpc) is 3.53. The van der Waals surface area contributed by atoms with Gasteiger partial charge in [-0.1, -0.05) is 23.8 Å². The van der Waals surface area contributed by atoms with Gasteiger partial charge < -0.3 is 5.73 Å². The van der Waals surface area contributed by atoms with Crippen molar-refractivity contribution in [1.82, 2.24) is 8.96 Å². The van der Waals surface area contributed by atoms with Crippen LogP contribution in [0.1, 0.15) is 18.4 Å². The van der Waals surface area contributed by atoms with Crippen LogP contribution >= 0.6 is 0 Å². The number of fused-ring (bicyclic) bond motifs is 1. The Kier molecular flexibility index (Phi) is 4.93. The van der Waals surface area contributed by atoms with Gasteiger partial charge in [0.05, 0.1) is 10.6 Å². The molecule has 33 heavy (non-hydrogen) atoms. The molecule has 2 N–H and O–H groups in total. The average molecular weight is 465 g/mol. The maximum Gasteiger partial charge on any atom is 0.269 e. The number of nitrogen functional groups attached to an aromatic ring is 1. The summed E-state index contributed by atoms with van der Waals surface area (Å²) in [5.74, 6) is -0.272. The van der Waals surface area contributed by atoms with Crippen LogP contribution in [0.3, 0.4) is 0 Å². The van der Waals surface area contributed by atoms with E-state index in [4.69, 9.17) is 5.73 Å². The maximum absolute atomic E-state index is 14.3. The Hall–Kier alpha value is -3.72. The fraction of sp³-hybridized carbons (Fsp3) is 0.167. The van der Waals surface area contributed by atoms with E-state index < -0.39 is 15.8 Å². The van der Waals surface area contributed by atoms with Crippen molar-refractivity contribution in [2.45, 2.75) is 30.7 Å². The van der Waals surface area contributed by atoms with Gasteiger partial charge >= 0.3 is 0 Å². The first kappa shape index (κ1) is 21.1. The van der Waals surface area contributed by atoms with Crippen molar-refractivity contribution in [3.63, 3.8) is 0 Å². The van der Waals surface area contributed by atoms with Crippen molar-refractivity contribution in [3.05, 3.63) is 72.2 Å². The molecule has 0 spiro atoms. The normalized spacial score (nSPS) is 13.9. The van der Waals surface area contributed by atoms with Gasteiger partial charge in [0.2, 0.25) is 6.41 Å². The minimum absolute atomic E-state index is 0.0105. The molecule has 0 aliphatic heterocycles. The molecule has 1 aliphatic rings. The van der Waals surface area contributed by atoms with Crippen molar-refractivity contribution in [1.29, 1.82) is 0 Å². The van der Waals surface area contributed by atoms with Crippen LogP contribution in [0.2, 0.25) is 0 Å². The van der Waals surface area contributed by atoms with Gasteiger partial charge in [0.1, 0.15) is 11.6 Å². The SMILES string of the molecule is Cc1ccc(S(=O)(=O)n2ccc3c(-c4ccc(N)c(F)c4)cc(N(C=O)C4CC4)nc32)cc1. The molecule has 2 aromatic carbocycles. The van der Waals surface area contributed by atoms with E-state index in [9.17, 15) is 17.6 Å². The number of pyridine rings is 1. The number of hydrogen-bond donors (Lipinski definition) is 1. The third-order valence-corrected chi connectivity index (χ3v) is 7.50. The Morgan fingerprint density at radius 2 is 1.85 bits per heavy atom. The standard InChI is InChI=1S/C24H21FN4O3S/c1-15-2-7-18(8-3-15)33(31,32)29-11-10-19-20(16-4-9-22(26)21(25)12-16)13-23(27-24(19)29)28(14-30)17-5-6-17/h2-4,7-14,17H,5-6,26H2,1H3. The van der Waals surface area contributed by atoms with Gasteiger partial charge in [-0.15, -0.1) is 0 Å². The summed E-state index contributed by atoms with van der Waals surface area (Å²) in [5.41, 5.74) is 7.80. The lowest BCUT2D eigenvalue weighted by Crippen LogP contribution is -2.25. The number of aromatic nitrogens is 2. The summed E-state index contributed by atoms with van der Waals surface area (Å²) in [5, 5.41) is 0.514. The molecule has 2 heterocycles. The Labute approximate surface area is 190 Å². The van der Waals surface area contributed by atoms with E-state index in [1.807, 2.05) is 6.92 Å². The second-order valence-electron chi connectivity index (χ2n) is 8.18.